The highest BCUT2D eigenvalue weighted by Crippen LogP contribution is 2.20. The van der Waals surface area contributed by atoms with Gasteiger partial charge in [0.15, 0.2) is 0 Å². The number of fused-ring (bicyclic) bond motifs is 1. The zero-order valence-corrected chi connectivity index (χ0v) is 12.3. The number of para-hydroxylation sites is 1. The summed E-state index contributed by atoms with van der Waals surface area (Å²) >= 11 is 0. The second-order valence-electron chi connectivity index (χ2n) is 5.51. The molecule has 5 heteroatoms. The lowest BCUT2D eigenvalue weighted by Crippen LogP contribution is -2.31. The van der Waals surface area contributed by atoms with E-state index in [1.54, 1.807) is 0 Å². The monoisotopic (exact) mass is 286 g/mol. The van der Waals surface area contributed by atoms with Gasteiger partial charge in [-0.25, -0.2) is 0 Å². The molecular weight excluding hydrogens is 264 g/mol. The highest BCUT2D eigenvalue weighted by atomic mass is 16.5. The zero-order chi connectivity index (χ0) is 14.5. The first kappa shape index (κ1) is 14.1. The molecule has 1 aromatic carbocycles. The van der Waals surface area contributed by atoms with E-state index in [2.05, 4.69) is 14.9 Å². The van der Waals surface area contributed by atoms with E-state index in [0.29, 0.717) is 18.4 Å². The van der Waals surface area contributed by atoms with E-state index < -0.39 is 0 Å². The Kier molecular flexibility index (Phi) is 4.50. The average molecular weight is 286 g/mol. The standard InChI is InChI=1S/C16H22N4O/c17-15-13-7-2-3-8-14(13)18-16(19-15)21-12-6-11-20-9-4-1-5-10-20/h2-3,7-8H,1,4-6,9-12H2,(H2,17,18,19). The molecule has 21 heavy (non-hydrogen) atoms. The first-order chi connectivity index (χ1) is 10.3. The smallest absolute Gasteiger partial charge is 0.318 e. The maximum Gasteiger partial charge on any atom is 0.318 e. The fourth-order valence-electron chi connectivity index (χ4n) is 2.78. The Hall–Kier alpha value is -1.88. The first-order valence-electron chi connectivity index (χ1n) is 7.70. The Bertz CT molecular complexity index is 596. The third-order valence-corrected chi connectivity index (χ3v) is 3.91. The molecule has 1 aromatic heterocycles. The van der Waals surface area contributed by atoms with Crippen LogP contribution in [-0.2, 0) is 0 Å². The van der Waals surface area contributed by atoms with Gasteiger partial charge in [-0.05, 0) is 44.5 Å². The topological polar surface area (TPSA) is 64.3 Å². The molecule has 0 aliphatic carbocycles. The van der Waals surface area contributed by atoms with Crippen LogP contribution in [0.15, 0.2) is 24.3 Å². The Morgan fingerprint density at radius 2 is 1.90 bits per heavy atom. The van der Waals surface area contributed by atoms with Gasteiger partial charge >= 0.3 is 6.01 Å². The summed E-state index contributed by atoms with van der Waals surface area (Å²) in [6.45, 7) is 4.16. The van der Waals surface area contributed by atoms with Crippen molar-refractivity contribution >= 4 is 16.7 Å². The molecule has 2 N–H and O–H groups in total. The van der Waals surface area contributed by atoms with E-state index in [-0.39, 0.29) is 0 Å². The Morgan fingerprint density at radius 1 is 1.10 bits per heavy atom. The third kappa shape index (κ3) is 3.61. The molecule has 2 aromatic rings. The van der Waals surface area contributed by atoms with Crippen LogP contribution in [0.5, 0.6) is 6.01 Å². The van der Waals surface area contributed by atoms with Gasteiger partial charge in [0.05, 0.1) is 12.1 Å². The molecule has 0 saturated carbocycles. The molecule has 2 heterocycles. The van der Waals surface area contributed by atoms with Crippen LogP contribution in [0.2, 0.25) is 0 Å². The van der Waals surface area contributed by atoms with Crippen LogP contribution < -0.4 is 10.5 Å². The number of hydrogen-bond acceptors (Lipinski definition) is 5. The van der Waals surface area contributed by atoms with Crippen molar-refractivity contribution in [1.82, 2.24) is 14.9 Å². The third-order valence-electron chi connectivity index (χ3n) is 3.91. The van der Waals surface area contributed by atoms with Crippen LogP contribution >= 0.6 is 0 Å². The number of hydrogen-bond donors (Lipinski definition) is 1. The van der Waals surface area contributed by atoms with E-state index in [1.807, 2.05) is 24.3 Å². The summed E-state index contributed by atoms with van der Waals surface area (Å²) in [6, 6.07) is 8.10. The lowest BCUT2D eigenvalue weighted by molar-refractivity contribution is 0.201. The van der Waals surface area contributed by atoms with Crippen molar-refractivity contribution in [3.63, 3.8) is 0 Å². The number of nitrogens with zero attached hydrogens (tertiary/aromatic N) is 3. The normalized spacial score (nSPS) is 16.2. The molecule has 112 valence electrons. The quantitative estimate of drug-likeness (QED) is 0.855. The number of benzene rings is 1. The van der Waals surface area contributed by atoms with Crippen molar-refractivity contribution in [1.29, 1.82) is 0 Å². The minimum atomic E-state index is 0.379. The number of nitrogens with two attached hydrogens (primary N) is 1. The van der Waals surface area contributed by atoms with Gasteiger partial charge in [0.25, 0.3) is 0 Å². The SMILES string of the molecule is Nc1nc(OCCCN2CCCCC2)nc2ccccc12. The number of likely N-dealkylation sites (tertiary alicyclic amines) is 1. The van der Waals surface area contributed by atoms with Gasteiger partial charge in [-0.2, -0.15) is 9.97 Å². The molecule has 1 aliphatic rings. The molecular formula is C16H22N4O. The fourth-order valence-corrected chi connectivity index (χ4v) is 2.78. The summed E-state index contributed by atoms with van der Waals surface area (Å²) in [5.74, 6) is 0.478. The maximum atomic E-state index is 5.94. The van der Waals surface area contributed by atoms with Gasteiger partial charge in [0.1, 0.15) is 5.82 Å². The summed E-state index contributed by atoms with van der Waals surface area (Å²) in [6.07, 6.45) is 5.02. The molecule has 0 unspecified atom stereocenters. The van der Waals surface area contributed by atoms with Crippen LogP contribution in [0.3, 0.4) is 0 Å². The van der Waals surface area contributed by atoms with Crippen molar-refractivity contribution in [3.05, 3.63) is 24.3 Å². The molecule has 1 fully saturated rings. The molecule has 0 amide bonds. The number of anilines is 1. The largest absolute Gasteiger partial charge is 0.463 e. The van der Waals surface area contributed by atoms with E-state index >= 15 is 0 Å². The summed E-state index contributed by atoms with van der Waals surface area (Å²) in [4.78, 5) is 11.1. The lowest BCUT2D eigenvalue weighted by Gasteiger charge is -2.26. The molecule has 1 saturated heterocycles. The van der Waals surface area contributed by atoms with Gasteiger partial charge in [-0.1, -0.05) is 18.6 Å². The Balaban J connectivity index is 1.53. The van der Waals surface area contributed by atoms with Crippen LogP contribution in [0.25, 0.3) is 10.9 Å². The van der Waals surface area contributed by atoms with E-state index in [1.165, 1.54) is 32.4 Å². The van der Waals surface area contributed by atoms with Gasteiger partial charge < -0.3 is 15.4 Å². The molecule has 1 aliphatic heterocycles. The fraction of sp³-hybridized carbons (Fsp3) is 0.500. The van der Waals surface area contributed by atoms with Gasteiger partial charge in [0.2, 0.25) is 0 Å². The van der Waals surface area contributed by atoms with Gasteiger partial charge in [-0.15, -0.1) is 0 Å². The van der Waals surface area contributed by atoms with Crippen molar-refractivity contribution in [2.75, 3.05) is 32.0 Å². The molecule has 5 nitrogen and oxygen atoms in total. The summed E-state index contributed by atoms with van der Waals surface area (Å²) in [5, 5.41) is 0.873. The molecule has 0 bridgehead atoms. The number of ether oxygens (including phenoxy) is 1. The molecule has 0 spiro atoms. The van der Waals surface area contributed by atoms with Crippen LogP contribution in [0.4, 0.5) is 5.82 Å². The Morgan fingerprint density at radius 3 is 2.76 bits per heavy atom. The summed E-state index contributed by atoms with van der Waals surface area (Å²) < 4.78 is 5.66. The predicted molar refractivity (Wildman–Crippen MR) is 84.4 cm³/mol. The van der Waals surface area contributed by atoms with E-state index in [4.69, 9.17) is 10.5 Å². The molecule has 0 atom stereocenters. The second kappa shape index (κ2) is 6.72. The highest BCUT2D eigenvalue weighted by Gasteiger charge is 2.10. The number of aromatic nitrogens is 2. The lowest BCUT2D eigenvalue weighted by atomic mass is 10.1. The van der Waals surface area contributed by atoms with Crippen molar-refractivity contribution in [3.8, 4) is 6.01 Å². The highest BCUT2D eigenvalue weighted by molar-refractivity contribution is 5.87. The minimum Gasteiger partial charge on any atom is -0.463 e. The Labute approximate surface area is 125 Å². The van der Waals surface area contributed by atoms with Gasteiger partial charge in [0, 0.05) is 11.9 Å². The molecule has 3 rings (SSSR count). The van der Waals surface area contributed by atoms with Gasteiger partial charge in [-0.3, -0.25) is 0 Å². The van der Waals surface area contributed by atoms with Crippen molar-refractivity contribution in [2.24, 2.45) is 0 Å². The predicted octanol–water partition coefficient (Wildman–Crippen LogP) is 2.47. The number of rotatable bonds is 5. The van der Waals surface area contributed by atoms with Crippen molar-refractivity contribution < 1.29 is 4.74 Å². The average Bonchev–Trinajstić information content (AvgIpc) is 2.53. The minimum absolute atomic E-state index is 0.379. The number of nitrogen functional groups attached to an aromatic ring is 1. The van der Waals surface area contributed by atoms with E-state index in [0.717, 1.165) is 23.9 Å². The van der Waals surface area contributed by atoms with Crippen molar-refractivity contribution in [2.45, 2.75) is 25.7 Å². The molecule has 0 radical (unpaired) electrons. The number of piperidine rings is 1. The van der Waals surface area contributed by atoms with Crippen LogP contribution in [-0.4, -0.2) is 41.1 Å². The zero-order valence-electron chi connectivity index (χ0n) is 12.3. The van der Waals surface area contributed by atoms with Crippen LogP contribution in [0.1, 0.15) is 25.7 Å². The first-order valence-corrected chi connectivity index (χ1v) is 7.70. The van der Waals surface area contributed by atoms with E-state index in [9.17, 15) is 0 Å². The maximum absolute atomic E-state index is 5.94. The summed E-state index contributed by atoms with van der Waals surface area (Å²) in [5.41, 5.74) is 6.77. The second-order valence-corrected chi connectivity index (χ2v) is 5.51. The van der Waals surface area contributed by atoms with Crippen LogP contribution in [0, 0.1) is 0 Å². The summed E-state index contributed by atoms with van der Waals surface area (Å²) in [7, 11) is 0.